The summed E-state index contributed by atoms with van der Waals surface area (Å²) in [5, 5.41) is 5.70. The molecule has 2 heteroatoms. The molecule has 0 aliphatic carbocycles. The Labute approximate surface area is 113 Å². The molecule has 1 aromatic heterocycles. The predicted molar refractivity (Wildman–Crippen MR) is 81.3 cm³/mol. The summed E-state index contributed by atoms with van der Waals surface area (Å²) in [5.41, 5.74) is 2.45. The third kappa shape index (κ3) is 2.29. The summed E-state index contributed by atoms with van der Waals surface area (Å²) >= 11 is 0. The quantitative estimate of drug-likeness (QED) is 0.746. The van der Waals surface area contributed by atoms with E-state index >= 15 is 0 Å². The van der Waals surface area contributed by atoms with Crippen molar-refractivity contribution in [2.75, 3.05) is 11.9 Å². The van der Waals surface area contributed by atoms with E-state index in [9.17, 15) is 0 Å². The van der Waals surface area contributed by atoms with Gasteiger partial charge in [-0.15, -0.1) is 0 Å². The SMILES string of the molecule is CCNc1nccc2ccc(-c3ccccc3)cc12. The van der Waals surface area contributed by atoms with Crippen molar-refractivity contribution in [3.8, 4) is 11.1 Å². The summed E-state index contributed by atoms with van der Waals surface area (Å²) in [5.74, 6) is 0.956. The third-order valence-electron chi connectivity index (χ3n) is 3.22. The molecule has 3 aromatic rings. The monoisotopic (exact) mass is 248 g/mol. The van der Waals surface area contributed by atoms with E-state index in [2.05, 4.69) is 59.7 Å². The molecule has 0 amide bonds. The summed E-state index contributed by atoms with van der Waals surface area (Å²) in [6.07, 6.45) is 1.85. The fraction of sp³-hybridized carbons (Fsp3) is 0.118. The highest BCUT2D eigenvalue weighted by atomic mass is 15.0. The lowest BCUT2D eigenvalue weighted by Crippen LogP contribution is -1.99. The van der Waals surface area contributed by atoms with Crippen molar-refractivity contribution in [1.29, 1.82) is 0 Å². The van der Waals surface area contributed by atoms with E-state index in [1.54, 1.807) is 0 Å². The van der Waals surface area contributed by atoms with Crippen molar-refractivity contribution in [2.24, 2.45) is 0 Å². The van der Waals surface area contributed by atoms with Crippen LogP contribution in [0.25, 0.3) is 21.9 Å². The largest absolute Gasteiger partial charge is 0.370 e. The van der Waals surface area contributed by atoms with E-state index in [1.165, 1.54) is 21.9 Å². The summed E-state index contributed by atoms with van der Waals surface area (Å²) in [4.78, 5) is 4.42. The highest BCUT2D eigenvalue weighted by Crippen LogP contribution is 2.27. The van der Waals surface area contributed by atoms with Crippen LogP contribution in [-0.4, -0.2) is 11.5 Å². The van der Waals surface area contributed by atoms with Crippen LogP contribution >= 0.6 is 0 Å². The Morgan fingerprint density at radius 2 is 1.79 bits per heavy atom. The lowest BCUT2D eigenvalue weighted by Gasteiger charge is -2.09. The fourth-order valence-corrected chi connectivity index (χ4v) is 2.29. The molecule has 0 aliphatic heterocycles. The van der Waals surface area contributed by atoms with Crippen LogP contribution < -0.4 is 5.32 Å². The molecule has 0 spiro atoms. The molecule has 0 saturated carbocycles. The van der Waals surface area contributed by atoms with E-state index in [1.807, 2.05) is 18.3 Å². The molecule has 0 fully saturated rings. The second-order valence-electron chi connectivity index (χ2n) is 4.49. The van der Waals surface area contributed by atoms with Gasteiger partial charge >= 0.3 is 0 Å². The summed E-state index contributed by atoms with van der Waals surface area (Å²) < 4.78 is 0. The van der Waals surface area contributed by atoms with E-state index in [4.69, 9.17) is 0 Å². The van der Waals surface area contributed by atoms with Gasteiger partial charge in [0.25, 0.3) is 0 Å². The molecular formula is C17H16N2. The Balaban J connectivity index is 2.16. The molecule has 0 saturated heterocycles. The number of rotatable bonds is 3. The number of nitrogens with zero attached hydrogens (tertiary/aromatic N) is 1. The number of benzene rings is 2. The lowest BCUT2D eigenvalue weighted by molar-refractivity contribution is 1.17. The van der Waals surface area contributed by atoms with Gasteiger partial charge in [-0.2, -0.15) is 0 Å². The van der Waals surface area contributed by atoms with Gasteiger partial charge in [-0.3, -0.25) is 0 Å². The van der Waals surface area contributed by atoms with Crippen LogP contribution in [0.5, 0.6) is 0 Å². The Morgan fingerprint density at radius 1 is 0.947 bits per heavy atom. The van der Waals surface area contributed by atoms with E-state index in [-0.39, 0.29) is 0 Å². The van der Waals surface area contributed by atoms with E-state index in [0.29, 0.717) is 0 Å². The van der Waals surface area contributed by atoms with Crippen molar-refractivity contribution >= 4 is 16.6 Å². The number of anilines is 1. The molecule has 19 heavy (non-hydrogen) atoms. The van der Waals surface area contributed by atoms with Gasteiger partial charge in [0, 0.05) is 18.1 Å². The zero-order valence-electron chi connectivity index (χ0n) is 10.9. The molecular weight excluding hydrogens is 232 g/mol. The van der Waals surface area contributed by atoms with Gasteiger partial charge in [-0.05, 0) is 35.6 Å². The van der Waals surface area contributed by atoms with Crippen LogP contribution in [0.4, 0.5) is 5.82 Å². The lowest BCUT2D eigenvalue weighted by atomic mass is 10.0. The second-order valence-corrected chi connectivity index (χ2v) is 4.49. The first-order valence-corrected chi connectivity index (χ1v) is 6.56. The van der Waals surface area contributed by atoms with Crippen LogP contribution in [-0.2, 0) is 0 Å². The third-order valence-corrected chi connectivity index (χ3v) is 3.22. The molecule has 3 rings (SSSR count). The van der Waals surface area contributed by atoms with Gasteiger partial charge in [0.1, 0.15) is 5.82 Å². The molecule has 0 atom stereocenters. The summed E-state index contributed by atoms with van der Waals surface area (Å²) in [6.45, 7) is 2.96. The maximum atomic E-state index is 4.42. The highest BCUT2D eigenvalue weighted by Gasteiger charge is 2.04. The smallest absolute Gasteiger partial charge is 0.133 e. The zero-order valence-corrected chi connectivity index (χ0v) is 10.9. The van der Waals surface area contributed by atoms with E-state index < -0.39 is 0 Å². The molecule has 0 radical (unpaired) electrons. The minimum absolute atomic E-state index is 0.877. The van der Waals surface area contributed by atoms with Gasteiger partial charge in [0.15, 0.2) is 0 Å². The van der Waals surface area contributed by atoms with Gasteiger partial charge in [-0.1, -0.05) is 42.5 Å². The molecule has 94 valence electrons. The molecule has 0 bridgehead atoms. The average molecular weight is 248 g/mol. The van der Waals surface area contributed by atoms with Gasteiger partial charge < -0.3 is 5.32 Å². The van der Waals surface area contributed by atoms with Gasteiger partial charge in [-0.25, -0.2) is 4.98 Å². The predicted octanol–water partition coefficient (Wildman–Crippen LogP) is 4.33. The number of hydrogen-bond acceptors (Lipinski definition) is 2. The van der Waals surface area contributed by atoms with Crippen molar-refractivity contribution in [3.05, 3.63) is 60.8 Å². The topological polar surface area (TPSA) is 24.9 Å². The number of fused-ring (bicyclic) bond motifs is 1. The first kappa shape index (κ1) is 11.7. The van der Waals surface area contributed by atoms with Gasteiger partial charge in [0.05, 0.1) is 0 Å². The fourth-order valence-electron chi connectivity index (χ4n) is 2.29. The number of pyridine rings is 1. The first-order valence-electron chi connectivity index (χ1n) is 6.56. The van der Waals surface area contributed by atoms with Crippen LogP contribution in [0.2, 0.25) is 0 Å². The number of nitrogens with one attached hydrogen (secondary N) is 1. The van der Waals surface area contributed by atoms with Crippen LogP contribution in [0.3, 0.4) is 0 Å². The first-order chi connectivity index (χ1) is 9.38. The van der Waals surface area contributed by atoms with Crippen LogP contribution in [0.15, 0.2) is 60.8 Å². The zero-order chi connectivity index (χ0) is 13.1. The maximum Gasteiger partial charge on any atom is 0.133 e. The Morgan fingerprint density at radius 3 is 2.58 bits per heavy atom. The normalized spacial score (nSPS) is 10.6. The molecule has 1 heterocycles. The second kappa shape index (κ2) is 5.11. The van der Waals surface area contributed by atoms with Crippen LogP contribution in [0.1, 0.15) is 6.92 Å². The summed E-state index contributed by atoms with van der Waals surface area (Å²) in [6, 6.07) is 19.0. The number of aromatic nitrogens is 1. The number of hydrogen-bond donors (Lipinski definition) is 1. The van der Waals surface area contributed by atoms with Crippen molar-refractivity contribution in [2.45, 2.75) is 6.92 Å². The molecule has 2 aromatic carbocycles. The summed E-state index contributed by atoms with van der Waals surface area (Å²) in [7, 11) is 0. The van der Waals surface area contributed by atoms with Crippen molar-refractivity contribution < 1.29 is 0 Å². The van der Waals surface area contributed by atoms with Crippen LogP contribution in [0, 0.1) is 0 Å². The standard InChI is InChI=1S/C17H16N2/c1-2-18-17-16-12-15(13-6-4-3-5-7-13)9-8-14(16)10-11-19-17/h3-12H,2H2,1H3,(H,18,19). The Bertz CT molecular complexity index is 690. The molecule has 0 unspecified atom stereocenters. The van der Waals surface area contributed by atoms with Crippen molar-refractivity contribution in [3.63, 3.8) is 0 Å². The maximum absolute atomic E-state index is 4.42. The van der Waals surface area contributed by atoms with Gasteiger partial charge in [0.2, 0.25) is 0 Å². The molecule has 2 nitrogen and oxygen atoms in total. The highest BCUT2D eigenvalue weighted by molar-refractivity contribution is 5.94. The molecule has 1 N–H and O–H groups in total. The van der Waals surface area contributed by atoms with E-state index in [0.717, 1.165) is 12.4 Å². The van der Waals surface area contributed by atoms with Crippen molar-refractivity contribution in [1.82, 2.24) is 4.98 Å². The molecule has 0 aliphatic rings. The minimum atomic E-state index is 0.877. The average Bonchev–Trinajstić information content (AvgIpc) is 2.48. The Kier molecular flexibility index (Phi) is 3.15. The Hall–Kier alpha value is -2.35. The minimum Gasteiger partial charge on any atom is -0.370 e.